The summed E-state index contributed by atoms with van der Waals surface area (Å²) in [4.78, 5) is 18.1. The van der Waals surface area contributed by atoms with Crippen LogP contribution in [0.2, 0.25) is 0 Å². The number of nitrogens with one attached hydrogen (secondary N) is 1. The van der Waals surface area contributed by atoms with Gasteiger partial charge >= 0.3 is 0 Å². The van der Waals surface area contributed by atoms with Crippen molar-refractivity contribution < 1.29 is 14.6 Å². The van der Waals surface area contributed by atoms with Crippen LogP contribution in [-0.4, -0.2) is 48.8 Å². The van der Waals surface area contributed by atoms with Crippen LogP contribution in [0.3, 0.4) is 0 Å². The van der Waals surface area contributed by atoms with E-state index in [0.717, 1.165) is 5.56 Å². The van der Waals surface area contributed by atoms with E-state index < -0.39 is 6.10 Å². The molecule has 0 aliphatic carbocycles. The molecule has 1 saturated heterocycles. The number of morpholine rings is 1. The maximum atomic E-state index is 11.9. The van der Waals surface area contributed by atoms with Crippen molar-refractivity contribution in [2.24, 2.45) is 0 Å². The number of aromatic nitrogens is 1. The molecular weight excluding hydrogens is 246 g/mol. The molecule has 104 valence electrons. The van der Waals surface area contributed by atoms with Gasteiger partial charge in [-0.2, -0.15) is 0 Å². The molecule has 1 aliphatic rings. The Kier molecular flexibility index (Phi) is 4.34. The second kappa shape index (κ2) is 5.99. The SMILES string of the molecule is CNC(=O)C1COCCN1c1cc([C@H](C)O)ccn1. The van der Waals surface area contributed by atoms with E-state index in [1.807, 2.05) is 11.0 Å². The molecule has 1 aromatic rings. The van der Waals surface area contributed by atoms with Gasteiger partial charge in [-0.3, -0.25) is 4.79 Å². The van der Waals surface area contributed by atoms with Gasteiger partial charge in [0.25, 0.3) is 0 Å². The molecule has 1 unspecified atom stereocenters. The van der Waals surface area contributed by atoms with E-state index >= 15 is 0 Å². The van der Waals surface area contributed by atoms with Gasteiger partial charge in [-0.1, -0.05) is 0 Å². The zero-order chi connectivity index (χ0) is 13.8. The third-order valence-corrected chi connectivity index (χ3v) is 3.22. The summed E-state index contributed by atoms with van der Waals surface area (Å²) in [7, 11) is 1.61. The number of amides is 1. The van der Waals surface area contributed by atoms with Gasteiger partial charge in [0.2, 0.25) is 5.91 Å². The fourth-order valence-corrected chi connectivity index (χ4v) is 2.11. The van der Waals surface area contributed by atoms with E-state index in [1.165, 1.54) is 0 Å². The highest BCUT2D eigenvalue weighted by Gasteiger charge is 2.29. The normalized spacial score (nSPS) is 21.0. The van der Waals surface area contributed by atoms with Crippen LogP contribution in [0, 0.1) is 0 Å². The quantitative estimate of drug-likeness (QED) is 0.810. The first-order valence-corrected chi connectivity index (χ1v) is 6.33. The van der Waals surface area contributed by atoms with Gasteiger partial charge in [-0.05, 0) is 24.6 Å². The molecule has 2 rings (SSSR count). The van der Waals surface area contributed by atoms with E-state index in [4.69, 9.17) is 4.74 Å². The standard InChI is InChI=1S/C13H19N3O3/c1-9(17)10-3-4-15-12(7-10)16-5-6-19-8-11(16)13(18)14-2/h3-4,7,9,11,17H,5-6,8H2,1-2H3,(H,14,18)/t9-,11?/m0/s1. The Morgan fingerprint density at radius 2 is 2.47 bits per heavy atom. The average Bonchev–Trinajstić information content (AvgIpc) is 2.46. The smallest absolute Gasteiger partial charge is 0.244 e. The van der Waals surface area contributed by atoms with Gasteiger partial charge in [0.05, 0.1) is 19.3 Å². The van der Waals surface area contributed by atoms with E-state index in [2.05, 4.69) is 10.3 Å². The number of aliphatic hydroxyl groups excluding tert-OH is 1. The van der Waals surface area contributed by atoms with Crippen molar-refractivity contribution in [1.29, 1.82) is 0 Å². The number of carbonyl (C=O) groups is 1. The van der Waals surface area contributed by atoms with Crippen LogP contribution < -0.4 is 10.2 Å². The molecule has 6 heteroatoms. The summed E-state index contributed by atoms with van der Waals surface area (Å²) in [5.74, 6) is 0.597. The monoisotopic (exact) mass is 265 g/mol. The number of pyridine rings is 1. The zero-order valence-electron chi connectivity index (χ0n) is 11.2. The minimum absolute atomic E-state index is 0.0936. The maximum Gasteiger partial charge on any atom is 0.244 e. The molecule has 2 N–H and O–H groups in total. The number of nitrogens with zero attached hydrogens (tertiary/aromatic N) is 2. The molecule has 0 saturated carbocycles. The van der Waals surface area contributed by atoms with Crippen LogP contribution in [0.4, 0.5) is 5.82 Å². The molecule has 1 fully saturated rings. The first kappa shape index (κ1) is 13.8. The number of aliphatic hydroxyl groups is 1. The van der Waals surface area contributed by atoms with Gasteiger partial charge in [0.1, 0.15) is 11.9 Å². The van der Waals surface area contributed by atoms with E-state index in [1.54, 1.807) is 26.2 Å². The highest BCUT2D eigenvalue weighted by molar-refractivity contribution is 5.85. The molecule has 1 aliphatic heterocycles. The van der Waals surface area contributed by atoms with Crippen LogP contribution in [0.1, 0.15) is 18.6 Å². The largest absolute Gasteiger partial charge is 0.389 e. The number of hydrogen-bond acceptors (Lipinski definition) is 5. The Hall–Kier alpha value is -1.66. The molecule has 0 spiro atoms. The number of rotatable bonds is 3. The highest BCUT2D eigenvalue weighted by Crippen LogP contribution is 2.21. The van der Waals surface area contributed by atoms with Crippen molar-refractivity contribution in [1.82, 2.24) is 10.3 Å². The molecule has 0 aromatic carbocycles. The lowest BCUT2D eigenvalue weighted by Crippen LogP contribution is -2.53. The zero-order valence-corrected chi connectivity index (χ0v) is 11.2. The Morgan fingerprint density at radius 3 is 3.16 bits per heavy atom. The van der Waals surface area contributed by atoms with Gasteiger partial charge in [-0.25, -0.2) is 4.98 Å². The third-order valence-electron chi connectivity index (χ3n) is 3.22. The molecule has 1 aromatic heterocycles. The van der Waals surface area contributed by atoms with Crippen LogP contribution >= 0.6 is 0 Å². The average molecular weight is 265 g/mol. The number of anilines is 1. The van der Waals surface area contributed by atoms with Gasteiger partial charge in [-0.15, -0.1) is 0 Å². The Morgan fingerprint density at radius 1 is 1.68 bits per heavy atom. The van der Waals surface area contributed by atoms with Crippen molar-refractivity contribution in [2.45, 2.75) is 19.1 Å². The minimum Gasteiger partial charge on any atom is -0.389 e. The Bertz CT molecular complexity index is 451. The number of ether oxygens (including phenoxy) is 1. The molecule has 0 radical (unpaired) electrons. The number of carbonyl (C=O) groups excluding carboxylic acids is 1. The molecule has 6 nitrogen and oxygen atoms in total. The van der Waals surface area contributed by atoms with Crippen LogP contribution in [0.25, 0.3) is 0 Å². The predicted molar refractivity (Wildman–Crippen MR) is 70.9 cm³/mol. The van der Waals surface area contributed by atoms with Crippen LogP contribution in [0.15, 0.2) is 18.3 Å². The number of likely N-dealkylation sites (N-methyl/N-ethyl adjacent to an activating group) is 1. The molecule has 1 amide bonds. The van der Waals surface area contributed by atoms with Crippen molar-refractivity contribution in [3.63, 3.8) is 0 Å². The maximum absolute atomic E-state index is 11.9. The molecule has 2 heterocycles. The summed E-state index contributed by atoms with van der Waals surface area (Å²) in [6, 6.07) is 3.20. The summed E-state index contributed by atoms with van der Waals surface area (Å²) < 4.78 is 5.35. The lowest BCUT2D eigenvalue weighted by atomic mass is 10.1. The number of hydrogen-bond donors (Lipinski definition) is 2. The Labute approximate surface area is 112 Å². The first-order chi connectivity index (χ1) is 9.13. The van der Waals surface area contributed by atoms with Crippen molar-refractivity contribution in [3.05, 3.63) is 23.9 Å². The lowest BCUT2D eigenvalue weighted by Gasteiger charge is -2.35. The van der Waals surface area contributed by atoms with Gasteiger partial charge in [0.15, 0.2) is 0 Å². The second-order valence-corrected chi connectivity index (χ2v) is 4.52. The molecule has 19 heavy (non-hydrogen) atoms. The molecule has 0 bridgehead atoms. The summed E-state index contributed by atoms with van der Waals surface area (Å²) in [5, 5.41) is 12.3. The predicted octanol–water partition coefficient (Wildman–Crippen LogP) is 0.0861. The van der Waals surface area contributed by atoms with Crippen LogP contribution in [0.5, 0.6) is 0 Å². The van der Waals surface area contributed by atoms with Crippen LogP contribution in [-0.2, 0) is 9.53 Å². The van der Waals surface area contributed by atoms with E-state index in [0.29, 0.717) is 25.6 Å². The fraction of sp³-hybridized carbons (Fsp3) is 0.538. The fourth-order valence-electron chi connectivity index (χ4n) is 2.11. The van der Waals surface area contributed by atoms with Crippen molar-refractivity contribution in [3.8, 4) is 0 Å². The topological polar surface area (TPSA) is 74.7 Å². The lowest BCUT2D eigenvalue weighted by molar-refractivity contribution is -0.124. The first-order valence-electron chi connectivity index (χ1n) is 6.33. The Balaban J connectivity index is 2.26. The van der Waals surface area contributed by atoms with E-state index in [-0.39, 0.29) is 11.9 Å². The highest BCUT2D eigenvalue weighted by atomic mass is 16.5. The third kappa shape index (κ3) is 3.02. The summed E-state index contributed by atoms with van der Waals surface area (Å²) in [5.41, 5.74) is 0.784. The summed E-state index contributed by atoms with van der Waals surface area (Å²) in [6.45, 7) is 3.22. The molecule has 2 atom stereocenters. The second-order valence-electron chi connectivity index (χ2n) is 4.52. The van der Waals surface area contributed by atoms with Gasteiger partial charge < -0.3 is 20.1 Å². The summed E-state index contributed by atoms with van der Waals surface area (Å²) in [6.07, 6.45) is 1.09. The minimum atomic E-state index is -0.554. The van der Waals surface area contributed by atoms with E-state index in [9.17, 15) is 9.90 Å². The molecular formula is C13H19N3O3. The van der Waals surface area contributed by atoms with Crippen molar-refractivity contribution in [2.75, 3.05) is 31.7 Å². The van der Waals surface area contributed by atoms with Gasteiger partial charge in [0, 0.05) is 19.8 Å². The van der Waals surface area contributed by atoms with Crippen molar-refractivity contribution >= 4 is 11.7 Å². The summed E-state index contributed by atoms with van der Waals surface area (Å²) >= 11 is 0.